The molecule has 1 unspecified atom stereocenters. The summed E-state index contributed by atoms with van der Waals surface area (Å²) < 4.78 is 12.1. The van der Waals surface area contributed by atoms with Crippen LogP contribution in [0.3, 0.4) is 0 Å². The number of hydrogen-bond donors (Lipinski definition) is 1. The fourth-order valence-corrected chi connectivity index (χ4v) is 5.04. The van der Waals surface area contributed by atoms with Crippen LogP contribution in [-0.4, -0.2) is 27.5 Å². The molecule has 4 rings (SSSR count). The molecule has 0 radical (unpaired) electrons. The van der Waals surface area contributed by atoms with Crippen LogP contribution in [0.5, 0.6) is 0 Å². The van der Waals surface area contributed by atoms with Crippen LogP contribution in [0.15, 0.2) is 28.7 Å². The SMILES string of the molecule is Cc1ccc(-c2nc(CO[C@@H]3CCC[C@H](CCC4SC(=O)NC4=O)C3)c(C)o2)cc1. The Morgan fingerprint density at radius 1 is 1.17 bits per heavy atom. The number of ether oxygens (including phenoxy) is 1. The Morgan fingerprint density at radius 3 is 2.70 bits per heavy atom. The zero-order chi connectivity index (χ0) is 21.1. The molecule has 2 aromatic rings. The summed E-state index contributed by atoms with van der Waals surface area (Å²) >= 11 is 1.12. The number of rotatable bonds is 7. The van der Waals surface area contributed by atoms with Gasteiger partial charge in [-0.3, -0.25) is 14.9 Å². The van der Waals surface area contributed by atoms with Gasteiger partial charge in [0.2, 0.25) is 11.8 Å². The van der Waals surface area contributed by atoms with Crippen molar-refractivity contribution in [2.45, 2.75) is 70.3 Å². The van der Waals surface area contributed by atoms with Crippen molar-refractivity contribution in [3.8, 4) is 11.5 Å². The van der Waals surface area contributed by atoms with E-state index in [-0.39, 0.29) is 22.5 Å². The minimum absolute atomic E-state index is 0.139. The largest absolute Gasteiger partial charge is 0.441 e. The highest BCUT2D eigenvalue weighted by atomic mass is 32.2. The molecule has 3 atom stereocenters. The molecule has 1 aromatic carbocycles. The molecular formula is C23H28N2O4S. The lowest BCUT2D eigenvalue weighted by molar-refractivity contribution is -0.119. The standard InChI is InChI=1S/C23H28N2O4S/c1-14-6-9-17(10-7-14)22-24-19(15(2)29-22)13-28-18-5-3-4-16(12-18)8-11-20-21(26)25-23(27)30-20/h6-7,9-10,16,18,20H,3-5,8,11-13H2,1-2H3,(H,25,26,27)/t16-,18-,20?/m1/s1. The number of carbonyl (C=O) groups excluding carboxylic acids is 2. The fourth-order valence-electron chi connectivity index (χ4n) is 4.20. The molecule has 0 bridgehead atoms. The first-order valence-corrected chi connectivity index (χ1v) is 11.5. The third-order valence-corrected chi connectivity index (χ3v) is 7.04. The van der Waals surface area contributed by atoms with Crippen LogP contribution in [0.2, 0.25) is 0 Å². The molecule has 1 aromatic heterocycles. The minimum Gasteiger partial charge on any atom is -0.441 e. The predicted molar refractivity (Wildman–Crippen MR) is 116 cm³/mol. The molecule has 1 N–H and O–H groups in total. The fraction of sp³-hybridized carbons (Fsp3) is 0.522. The second-order valence-electron chi connectivity index (χ2n) is 8.31. The summed E-state index contributed by atoms with van der Waals surface area (Å²) in [6.07, 6.45) is 6.25. The molecule has 1 saturated heterocycles. The van der Waals surface area contributed by atoms with Gasteiger partial charge in [-0.2, -0.15) is 0 Å². The van der Waals surface area contributed by atoms with Gasteiger partial charge in [-0.1, -0.05) is 42.3 Å². The van der Waals surface area contributed by atoms with E-state index in [0.29, 0.717) is 18.4 Å². The third-order valence-electron chi connectivity index (χ3n) is 5.99. The van der Waals surface area contributed by atoms with Gasteiger partial charge in [-0.15, -0.1) is 0 Å². The number of nitrogens with zero attached hydrogens (tertiary/aromatic N) is 1. The van der Waals surface area contributed by atoms with Crippen molar-refractivity contribution in [3.05, 3.63) is 41.3 Å². The lowest BCUT2D eigenvalue weighted by atomic mass is 9.84. The Morgan fingerprint density at radius 2 is 1.97 bits per heavy atom. The zero-order valence-corrected chi connectivity index (χ0v) is 18.3. The van der Waals surface area contributed by atoms with Crippen LogP contribution in [0.1, 0.15) is 55.5 Å². The monoisotopic (exact) mass is 428 g/mol. The van der Waals surface area contributed by atoms with Crippen molar-refractivity contribution >= 4 is 22.9 Å². The maximum absolute atomic E-state index is 11.7. The number of hydrogen-bond acceptors (Lipinski definition) is 6. The van der Waals surface area contributed by atoms with Crippen LogP contribution in [0.4, 0.5) is 4.79 Å². The first-order chi connectivity index (χ1) is 14.5. The summed E-state index contributed by atoms with van der Waals surface area (Å²) in [4.78, 5) is 27.7. The molecule has 7 heteroatoms. The highest BCUT2D eigenvalue weighted by Gasteiger charge is 2.32. The van der Waals surface area contributed by atoms with Crippen molar-refractivity contribution in [1.29, 1.82) is 0 Å². The normalized spacial score (nSPS) is 24.3. The summed E-state index contributed by atoms with van der Waals surface area (Å²) in [6.45, 7) is 4.44. The van der Waals surface area contributed by atoms with E-state index in [1.807, 2.05) is 19.1 Å². The van der Waals surface area contributed by atoms with E-state index in [1.165, 1.54) is 5.56 Å². The third kappa shape index (κ3) is 5.13. The Labute approximate surface area is 181 Å². The van der Waals surface area contributed by atoms with Crippen molar-refractivity contribution in [3.63, 3.8) is 0 Å². The van der Waals surface area contributed by atoms with E-state index in [1.54, 1.807) is 0 Å². The van der Waals surface area contributed by atoms with Gasteiger partial charge < -0.3 is 9.15 Å². The molecule has 2 fully saturated rings. The lowest BCUT2D eigenvalue weighted by Crippen LogP contribution is -2.26. The molecule has 1 aliphatic heterocycles. The molecule has 6 nitrogen and oxygen atoms in total. The number of aryl methyl sites for hydroxylation is 2. The number of oxazole rings is 1. The van der Waals surface area contributed by atoms with Crippen LogP contribution in [-0.2, 0) is 16.1 Å². The van der Waals surface area contributed by atoms with E-state index in [2.05, 4.69) is 29.4 Å². The van der Waals surface area contributed by atoms with Gasteiger partial charge in [-0.25, -0.2) is 4.98 Å². The summed E-state index contributed by atoms with van der Waals surface area (Å²) in [5, 5.41) is 1.92. The van der Waals surface area contributed by atoms with Crippen molar-refractivity contribution < 1.29 is 18.7 Å². The summed E-state index contributed by atoms with van der Waals surface area (Å²) in [6, 6.07) is 8.15. The molecule has 30 heavy (non-hydrogen) atoms. The number of thioether (sulfide) groups is 1. The van der Waals surface area contributed by atoms with Gasteiger partial charge in [-0.05, 0) is 57.6 Å². The molecule has 1 saturated carbocycles. The number of benzene rings is 1. The van der Waals surface area contributed by atoms with E-state index >= 15 is 0 Å². The molecule has 0 spiro atoms. The Balaban J connectivity index is 1.28. The number of nitrogens with one attached hydrogen (secondary N) is 1. The van der Waals surface area contributed by atoms with Crippen molar-refractivity contribution in [2.75, 3.05) is 0 Å². The smallest absolute Gasteiger partial charge is 0.286 e. The Hall–Kier alpha value is -2.12. The van der Waals surface area contributed by atoms with Gasteiger partial charge in [0, 0.05) is 5.56 Å². The minimum atomic E-state index is -0.225. The second-order valence-corrected chi connectivity index (χ2v) is 9.49. The van der Waals surface area contributed by atoms with Crippen LogP contribution >= 0.6 is 11.8 Å². The number of imide groups is 1. The van der Waals surface area contributed by atoms with Gasteiger partial charge in [0.15, 0.2) is 0 Å². The Bertz CT molecular complexity index is 908. The topological polar surface area (TPSA) is 81.4 Å². The van der Waals surface area contributed by atoms with Crippen LogP contribution in [0.25, 0.3) is 11.5 Å². The molecule has 2 amide bonds. The average Bonchev–Trinajstić information content (AvgIpc) is 3.26. The molecule has 2 heterocycles. The van der Waals surface area contributed by atoms with Crippen molar-refractivity contribution in [2.24, 2.45) is 5.92 Å². The van der Waals surface area contributed by atoms with E-state index in [4.69, 9.17) is 9.15 Å². The summed E-state index contributed by atoms with van der Waals surface area (Å²) in [5.74, 6) is 1.83. The van der Waals surface area contributed by atoms with Gasteiger partial charge in [0.1, 0.15) is 11.5 Å². The van der Waals surface area contributed by atoms with Gasteiger partial charge >= 0.3 is 0 Å². The number of carbonyl (C=O) groups is 2. The quantitative estimate of drug-likeness (QED) is 0.655. The van der Waals surface area contributed by atoms with E-state index in [0.717, 1.165) is 67.3 Å². The van der Waals surface area contributed by atoms with E-state index < -0.39 is 0 Å². The predicted octanol–water partition coefficient (Wildman–Crippen LogP) is 5.17. The Kier molecular flexibility index (Phi) is 6.58. The summed E-state index contributed by atoms with van der Waals surface area (Å²) in [7, 11) is 0. The summed E-state index contributed by atoms with van der Waals surface area (Å²) in [5.41, 5.74) is 3.03. The first-order valence-electron chi connectivity index (χ1n) is 10.6. The maximum Gasteiger partial charge on any atom is 0.286 e. The van der Waals surface area contributed by atoms with Crippen molar-refractivity contribution in [1.82, 2.24) is 10.3 Å². The molecule has 1 aliphatic carbocycles. The first kappa shape index (κ1) is 21.1. The lowest BCUT2D eigenvalue weighted by Gasteiger charge is -2.29. The number of aromatic nitrogens is 1. The van der Waals surface area contributed by atoms with E-state index in [9.17, 15) is 9.59 Å². The highest BCUT2D eigenvalue weighted by molar-refractivity contribution is 8.15. The highest BCUT2D eigenvalue weighted by Crippen LogP contribution is 2.33. The zero-order valence-electron chi connectivity index (χ0n) is 17.5. The molecule has 160 valence electrons. The van der Waals surface area contributed by atoms with Crippen LogP contribution < -0.4 is 5.32 Å². The number of amides is 2. The van der Waals surface area contributed by atoms with Gasteiger partial charge in [0.25, 0.3) is 5.24 Å². The second kappa shape index (κ2) is 9.35. The maximum atomic E-state index is 11.7. The van der Waals surface area contributed by atoms with Crippen LogP contribution in [0, 0.1) is 19.8 Å². The molecular weight excluding hydrogens is 400 g/mol. The average molecular weight is 429 g/mol. The molecule has 2 aliphatic rings. The van der Waals surface area contributed by atoms with Gasteiger partial charge in [0.05, 0.1) is 18.0 Å².